The van der Waals surface area contributed by atoms with E-state index in [1.54, 1.807) is 0 Å². The van der Waals surface area contributed by atoms with Gasteiger partial charge in [-0.2, -0.15) is 0 Å². The Hall–Kier alpha value is -0.240. The van der Waals surface area contributed by atoms with E-state index in [-0.39, 0.29) is 0 Å². The highest BCUT2D eigenvalue weighted by Crippen LogP contribution is 2.37. The summed E-state index contributed by atoms with van der Waals surface area (Å²) in [5, 5.41) is 11.9. The van der Waals surface area contributed by atoms with Crippen molar-refractivity contribution in [2.24, 2.45) is 5.92 Å². The highest BCUT2D eigenvalue weighted by Gasteiger charge is 2.32. The van der Waals surface area contributed by atoms with E-state index in [9.17, 15) is 5.11 Å². The van der Waals surface area contributed by atoms with Crippen LogP contribution in [0.25, 0.3) is 0 Å². The molecule has 0 aliphatic heterocycles. The van der Waals surface area contributed by atoms with Crippen LogP contribution in [0.1, 0.15) is 38.2 Å². The molecule has 3 heteroatoms. The van der Waals surface area contributed by atoms with Crippen LogP contribution in [0.15, 0.2) is 18.2 Å². The van der Waals surface area contributed by atoms with Crippen molar-refractivity contribution >= 4 is 23.2 Å². The average Bonchev–Trinajstić information content (AvgIpc) is 2.29. The maximum Gasteiger partial charge on any atom is 0.0689 e. The number of rotatable bonds is 2. The van der Waals surface area contributed by atoms with Crippen LogP contribution in [-0.4, -0.2) is 10.7 Å². The molecule has 1 aromatic rings. The highest BCUT2D eigenvalue weighted by molar-refractivity contribution is 6.36. The first kappa shape index (κ1) is 13.2. The van der Waals surface area contributed by atoms with Crippen molar-refractivity contribution in [1.29, 1.82) is 0 Å². The molecule has 1 aliphatic rings. The first-order valence-electron chi connectivity index (χ1n) is 6.15. The third-order valence-electron chi connectivity index (χ3n) is 3.77. The molecule has 0 bridgehead atoms. The first-order chi connectivity index (χ1) is 8.00. The standard InChI is InChI=1S/C14H18Cl2O/c1-10-5-7-14(17,8-6-10)9-11-12(15)3-2-4-13(11)16/h2-4,10,17H,5-9H2,1H3. The van der Waals surface area contributed by atoms with Crippen LogP contribution in [0.5, 0.6) is 0 Å². The van der Waals surface area contributed by atoms with Crippen LogP contribution in [0.2, 0.25) is 10.0 Å². The van der Waals surface area contributed by atoms with Gasteiger partial charge >= 0.3 is 0 Å². The van der Waals surface area contributed by atoms with Gasteiger partial charge < -0.3 is 5.11 Å². The number of aliphatic hydroxyl groups is 1. The second-order valence-corrected chi connectivity index (χ2v) is 6.10. The number of halogens is 2. The molecule has 94 valence electrons. The molecule has 1 saturated carbocycles. The van der Waals surface area contributed by atoms with Gasteiger partial charge in [0.05, 0.1) is 5.60 Å². The Morgan fingerprint density at radius 2 is 1.76 bits per heavy atom. The summed E-state index contributed by atoms with van der Waals surface area (Å²) in [4.78, 5) is 0. The summed E-state index contributed by atoms with van der Waals surface area (Å²) in [6, 6.07) is 5.50. The fourth-order valence-corrected chi connectivity index (χ4v) is 3.04. The second-order valence-electron chi connectivity index (χ2n) is 5.28. The predicted octanol–water partition coefficient (Wildman–Crippen LogP) is 4.48. The zero-order valence-electron chi connectivity index (χ0n) is 10.0. The minimum Gasteiger partial charge on any atom is -0.390 e. The molecular weight excluding hydrogens is 255 g/mol. The largest absolute Gasteiger partial charge is 0.390 e. The van der Waals surface area contributed by atoms with E-state index in [0.717, 1.165) is 37.2 Å². The van der Waals surface area contributed by atoms with E-state index >= 15 is 0 Å². The van der Waals surface area contributed by atoms with Crippen LogP contribution >= 0.6 is 23.2 Å². The van der Waals surface area contributed by atoms with Gasteiger partial charge in [-0.05, 0) is 49.3 Å². The lowest BCUT2D eigenvalue weighted by atomic mass is 9.76. The van der Waals surface area contributed by atoms with E-state index in [4.69, 9.17) is 23.2 Å². The molecule has 1 fully saturated rings. The molecule has 0 heterocycles. The summed E-state index contributed by atoms with van der Waals surface area (Å²) < 4.78 is 0. The van der Waals surface area contributed by atoms with Gasteiger partial charge in [0, 0.05) is 16.5 Å². The molecule has 2 rings (SSSR count). The van der Waals surface area contributed by atoms with Gasteiger partial charge in [0.15, 0.2) is 0 Å². The predicted molar refractivity (Wildman–Crippen MR) is 72.7 cm³/mol. The van der Waals surface area contributed by atoms with Crippen LogP contribution < -0.4 is 0 Å². The number of hydrogen-bond acceptors (Lipinski definition) is 1. The van der Waals surface area contributed by atoms with Crippen molar-refractivity contribution in [3.63, 3.8) is 0 Å². The van der Waals surface area contributed by atoms with Gasteiger partial charge in [0.2, 0.25) is 0 Å². The zero-order chi connectivity index (χ0) is 12.5. The second kappa shape index (κ2) is 5.17. The molecule has 1 N–H and O–H groups in total. The van der Waals surface area contributed by atoms with Crippen molar-refractivity contribution in [3.8, 4) is 0 Å². The Kier molecular flexibility index (Phi) is 4.02. The van der Waals surface area contributed by atoms with Gasteiger partial charge in [-0.15, -0.1) is 0 Å². The fraction of sp³-hybridized carbons (Fsp3) is 0.571. The zero-order valence-corrected chi connectivity index (χ0v) is 11.6. The van der Waals surface area contributed by atoms with Crippen molar-refractivity contribution in [2.45, 2.75) is 44.6 Å². The molecule has 0 amide bonds. The Morgan fingerprint density at radius 3 is 2.29 bits per heavy atom. The summed E-state index contributed by atoms with van der Waals surface area (Å²) in [6.45, 7) is 2.24. The summed E-state index contributed by atoms with van der Waals surface area (Å²) in [7, 11) is 0. The Bertz CT molecular complexity index is 375. The number of hydrogen-bond donors (Lipinski definition) is 1. The van der Waals surface area contributed by atoms with Crippen LogP contribution in [0.4, 0.5) is 0 Å². The van der Waals surface area contributed by atoms with E-state index in [1.807, 2.05) is 18.2 Å². The Balaban J connectivity index is 2.15. The maximum absolute atomic E-state index is 10.6. The third-order valence-corrected chi connectivity index (χ3v) is 4.48. The Labute approximate surface area is 113 Å². The van der Waals surface area contributed by atoms with Crippen molar-refractivity contribution in [3.05, 3.63) is 33.8 Å². The fourth-order valence-electron chi connectivity index (χ4n) is 2.51. The van der Waals surface area contributed by atoms with Crippen LogP contribution in [-0.2, 0) is 6.42 Å². The van der Waals surface area contributed by atoms with Crippen molar-refractivity contribution in [2.75, 3.05) is 0 Å². The van der Waals surface area contributed by atoms with Gasteiger partial charge in [0.1, 0.15) is 0 Å². The lowest BCUT2D eigenvalue weighted by Crippen LogP contribution is -2.36. The molecule has 0 aromatic heterocycles. The lowest BCUT2D eigenvalue weighted by molar-refractivity contribution is -0.00664. The monoisotopic (exact) mass is 272 g/mol. The highest BCUT2D eigenvalue weighted by atomic mass is 35.5. The smallest absolute Gasteiger partial charge is 0.0689 e. The summed E-state index contributed by atoms with van der Waals surface area (Å²) in [5.74, 6) is 0.719. The molecule has 0 spiro atoms. The normalized spacial score (nSPS) is 29.3. The van der Waals surface area contributed by atoms with Gasteiger partial charge in [-0.3, -0.25) is 0 Å². The molecule has 1 nitrogen and oxygen atoms in total. The quantitative estimate of drug-likeness (QED) is 0.842. The van der Waals surface area contributed by atoms with E-state index < -0.39 is 5.60 Å². The molecular formula is C14H18Cl2O. The van der Waals surface area contributed by atoms with Crippen molar-refractivity contribution < 1.29 is 5.11 Å². The average molecular weight is 273 g/mol. The van der Waals surface area contributed by atoms with Crippen LogP contribution in [0.3, 0.4) is 0 Å². The molecule has 1 aromatic carbocycles. The summed E-state index contributed by atoms with van der Waals surface area (Å²) in [5.41, 5.74) is 0.258. The van der Waals surface area contributed by atoms with E-state index in [0.29, 0.717) is 16.5 Å². The third kappa shape index (κ3) is 3.15. The topological polar surface area (TPSA) is 20.2 Å². The SMILES string of the molecule is CC1CCC(O)(Cc2c(Cl)cccc2Cl)CC1. The van der Waals surface area contributed by atoms with Gasteiger partial charge in [0.25, 0.3) is 0 Å². The molecule has 1 aliphatic carbocycles. The molecule has 0 unspecified atom stereocenters. The van der Waals surface area contributed by atoms with Gasteiger partial charge in [-0.25, -0.2) is 0 Å². The summed E-state index contributed by atoms with van der Waals surface area (Å²) >= 11 is 12.3. The number of benzene rings is 1. The minimum atomic E-state index is -0.624. The van der Waals surface area contributed by atoms with E-state index in [2.05, 4.69) is 6.92 Å². The maximum atomic E-state index is 10.6. The Morgan fingerprint density at radius 1 is 1.24 bits per heavy atom. The van der Waals surface area contributed by atoms with Gasteiger partial charge in [-0.1, -0.05) is 36.2 Å². The van der Waals surface area contributed by atoms with Crippen molar-refractivity contribution in [1.82, 2.24) is 0 Å². The molecule has 0 atom stereocenters. The van der Waals surface area contributed by atoms with Crippen LogP contribution in [0, 0.1) is 5.92 Å². The molecule has 17 heavy (non-hydrogen) atoms. The minimum absolute atomic E-state index is 0.568. The molecule has 0 radical (unpaired) electrons. The molecule has 0 saturated heterocycles. The first-order valence-corrected chi connectivity index (χ1v) is 6.91. The van der Waals surface area contributed by atoms with E-state index in [1.165, 1.54) is 0 Å². The lowest BCUT2D eigenvalue weighted by Gasteiger charge is -2.35. The summed E-state index contributed by atoms with van der Waals surface area (Å²) in [6.07, 6.45) is 4.42.